The monoisotopic (exact) mass is 154 g/mol. The highest BCUT2D eigenvalue weighted by atomic mass is 16.5. The number of hydrogen-bond donors (Lipinski definition) is 0. The van der Waals surface area contributed by atoms with Crippen LogP contribution < -0.4 is 0 Å². The molecular weight excluding hydrogens is 136 g/mol. The molecule has 0 fully saturated rings. The molecule has 0 heterocycles. The highest BCUT2D eigenvalue weighted by Crippen LogP contribution is 2.13. The van der Waals surface area contributed by atoms with Gasteiger partial charge in [0.2, 0.25) is 0 Å². The van der Waals surface area contributed by atoms with Crippen molar-refractivity contribution in [1.82, 2.24) is 0 Å². The first kappa shape index (κ1) is 8.79. The van der Waals surface area contributed by atoms with E-state index in [-0.39, 0.29) is 0 Å². The largest absolute Gasteiger partial charge is 0.374 e. The van der Waals surface area contributed by atoms with Gasteiger partial charge in [0.1, 0.15) is 0 Å². The molecule has 11 heavy (non-hydrogen) atoms. The van der Waals surface area contributed by atoms with Gasteiger partial charge < -0.3 is 4.74 Å². The van der Waals surface area contributed by atoms with E-state index in [1.165, 1.54) is 25.7 Å². The van der Waals surface area contributed by atoms with E-state index in [0.29, 0.717) is 6.10 Å². The number of ether oxygens (including phenoxy) is 1. The lowest BCUT2D eigenvalue weighted by atomic mass is 10.2. The van der Waals surface area contributed by atoms with Gasteiger partial charge in [0.25, 0.3) is 0 Å². The van der Waals surface area contributed by atoms with Gasteiger partial charge in [0.05, 0.1) is 6.10 Å². The van der Waals surface area contributed by atoms with Crippen molar-refractivity contribution in [3.8, 4) is 0 Å². The third kappa shape index (κ3) is 3.57. The van der Waals surface area contributed by atoms with Gasteiger partial charge in [-0.05, 0) is 25.7 Å². The third-order valence-corrected chi connectivity index (χ3v) is 2.00. The molecule has 1 aliphatic carbocycles. The first-order valence-corrected chi connectivity index (χ1v) is 4.71. The van der Waals surface area contributed by atoms with Gasteiger partial charge in [-0.25, -0.2) is 0 Å². The Balaban J connectivity index is 2.19. The van der Waals surface area contributed by atoms with Crippen molar-refractivity contribution in [3.63, 3.8) is 0 Å². The Labute approximate surface area is 69.4 Å². The predicted molar refractivity (Wildman–Crippen MR) is 47.6 cm³/mol. The quantitative estimate of drug-likeness (QED) is 0.568. The summed E-state index contributed by atoms with van der Waals surface area (Å²) in [4.78, 5) is 0. The van der Waals surface area contributed by atoms with Crippen molar-refractivity contribution in [2.45, 2.75) is 45.1 Å². The van der Waals surface area contributed by atoms with Crippen LogP contribution in [0.1, 0.15) is 39.0 Å². The minimum atomic E-state index is 0.414. The zero-order chi connectivity index (χ0) is 7.94. The highest BCUT2D eigenvalue weighted by molar-refractivity contribution is 4.92. The van der Waals surface area contributed by atoms with E-state index < -0.39 is 0 Å². The first-order valence-electron chi connectivity index (χ1n) is 4.71. The van der Waals surface area contributed by atoms with Crippen molar-refractivity contribution < 1.29 is 4.74 Å². The summed E-state index contributed by atoms with van der Waals surface area (Å²) in [5, 5.41) is 0. The van der Waals surface area contributed by atoms with Gasteiger partial charge in [0.15, 0.2) is 0 Å². The zero-order valence-electron chi connectivity index (χ0n) is 7.38. The normalized spacial score (nSPS) is 25.0. The summed E-state index contributed by atoms with van der Waals surface area (Å²) in [6, 6.07) is 0. The molecule has 0 radical (unpaired) electrons. The SMILES string of the molecule is CCCOC1C=CCCCC1. The standard InChI is InChI=1S/C10H18O/c1-2-9-11-10-7-5-3-4-6-8-10/h5,7,10H,2-4,6,8-9H2,1H3. The van der Waals surface area contributed by atoms with Crippen molar-refractivity contribution >= 4 is 0 Å². The summed E-state index contributed by atoms with van der Waals surface area (Å²) in [5.74, 6) is 0. The maximum absolute atomic E-state index is 5.63. The van der Waals surface area contributed by atoms with Crippen molar-refractivity contribution in [2.75, 3.05) is 6.61 Å². The molecule has 0 saturated heterocycles. The smallest absolute Gasteiger partial charge is 0.0755 e. The Kier molecular flexibility index (Phi) is 4.29. The molecule has 0 aromatic heterocycles. The Morgan fingerprint density at radius 3 is 3.18 bits per heavy atom. The van der Waals surface area contributed by atoms with Gasteiger partial charge in [-0.1, -0.05) is 25.5 Å². The molecule has 1 atom stereocenters. The average molecular weight is 154 g/mol. The summed E-state index contributed by atoms with van der Waals surface area (Å²) in [6.07, 6.45) is 11.1. The number of rotatable bonds is 3. The van der Waals surface area contributed by atoms with Crippen LogP contribution in [-0.4, -0.2) is 12.7 Å². The molecule has 1 rings (SSSR count). The van der Waals surface area contributed by atoms with Gasteiger partial charge in [-0.2, -0.15) is 0 Å². The van der Waals surface area contributed by atoms with Crippen LogP contribution in [0.3, 0.4) is 0 Å². The fraction of sp³-hybridized carbons (Fsp3) is 0.800. The molecule has 0 bridgehead atoms. The second kappa shape index (κ2) is 5.36. The molecular formula is C10H18O. The van der Waals surface area contributed by atoms with Crippen LogP contribution in [0.4, 0.5) is 0 Å². The van der Waals surface area contributed by atoms with Gasteiger partial charge in [-0.15, -0.1) is 0 Å². The van der Waals surface area contributed by atoms with Gasteiger partial charge >= 0.3 is 0 Å². The minimum absolute atomic E-state index is 0.414. The molecule has 0 aromatic carbocycles. The molecule has 0 aliphatic heterocycles. The Hall–Kier alpha value is -0.300. The van der Waals surface area contributed by atoms with Gasteiger partial charge in [-0.3, -0.25) is 0 Å². The van der Waals surface area contributed by atoms with E-state index in [1.54, 1.807) is 0 Å². The third-order valence-electron chi connectivity index (χ3n) is 2.00. The molecule has 0 aromatic rings. The molecule has 1 nitrogen and oxygen atoms in total. The molecule has 64 valence electrons. The van der Waals surface area contributed by atoms with Crippen LogP contribution in [0.2, 0.25) is 0 Å². The lowest BCUT2D eigenvalue weighted by Crippen LogP contribution is -2.09. The van der Waals surface area contributed by atoms with Crippen molar-refractivity contribution in [2.24, 2.45) is 0 Å². The van der Waals surface area contributed by atoms with Crippen molar-refractivity contribution in [1.29, 1.82) is 0 Å². The zero-order valence-corrected chi connectivity index (χ0v) is 7.38. The maximum Gasteiger partial charge on any atom is 0.0755 e. The molecule has 0 saturated carbocycles. The van der Waals surface area contributed by atoms with E-state index in [2.05, 4.69) is 19.1 Å². The highest BCUT2D eigenvalue weighted by Gasteiger charge is 2.05. The average Bonchev–Trinajstić information content (AvgIpc) is 2.28. The second-order valence-corrected chi connectivity index (χ2v) is 3.12. The molecule has 1 heteroatoms. The number of allylic oxidation sites excluding steroid dienone is 1. The summed E-state index contributed by atoms with van der Waals surface area (Å²) in [7, 11) is 0. The predicted octanol–water partition coefficient (Wildman–Crippen LogP) is 2.91. The van der Waals surface area contributed by atoms with Crippen LogP contribution >= 0.6 is 0 Å². The maximum atomic E-state index is 5.63. The van der Waals surface area contributed by atoms with Crippen LogP contribution in [0.15, 0.2) is 12.2 Å². The molecule has 0 amide bonds. The van der Waals surface area contributed by atoms with Crippen LogP contribution in [-0.2, 0) is 4.74 Å². The van der Waals surface area contributed by atoms with E-state index in [1.807, 2.05) is 0 Å². The summed E-state index contributed by atoms with van der Waals surface area (Å²) in [6.45, 7) is 3.06. The van der Waals surface area contributed by atoms with E-state index >= 15 is 0 Å². The Morgan fingerprint density at radius 2 is 2.36 bits per heavy atom. The second-order valence-electron chi connectivity index (χ2n) is 3.12. The fourth-order valence-corrected chi connectivity index (χ4v) is 1.36. The van der Waals surface area contributed by atoms with Crippen LogP contribution in [0.5, 0.6) is 0 Å². The first-order chi connectivity index (χ1) is 5.43. The van der Waals surface area contributed by atoms with Gasteiger partial charge in [0, 0.05) is 6.61 Å². The Bertz CT molecular complexity index is 118. The molecule has 1 aliphatic rings. The molecule has 1 unspecified atom stereocenters. The van der Waals surface area contributed by atoms with E-state index in [4.69, 9.17) is 4.74 Å². The van der Waals surface area contributed by atoms with E-state index in [0.717, 1.165) is 13.0 Å². The van der Waals surface area contributed by atoms with E-state index in [9.17, 15) is 0 Å². The van der Waals surface area contributed by atoms with Crippen LogP contribution in [0, 0.1) is 0 Å². The molecule has 0 N–H and O–H groups in total. The summed E-state index contributed by atoms with van der Waals surface area (Å²) >= 11 is 0. The molecule has 0 spiro atoms. The minimum Gasteiger partial charge on any atom is -0.374 e. The Morgan fingerprint density at radius 1 is 1.45 bits per heavy atom. The summed E-state index contributed by atoms with van der Waals surface area (Å²) < 4.78 is 5.63. The topological polar surface area (TPSA) is 9.23 Å². The van der Waals surface area contributed by atoms with Crippen LogP contribution in [0.25, 0.3) is 0 Å². The lowest BCUT2D eigenvalue weighted by Gasteiger charge is -2.10. The van der Waals surface area contributed by atoms with Crippen molar-refractivity contribution in [3.05, 3.63) is 12.2 Å². The fourth-order valence-electron chi connectivity index (χ4n) is 1.36. The summed E-state index contributed by atoms with van der Waals surface area (Å²) in [5.41, 5.74) is 0. The lowest BCUT2D eigenvalue weighted by molar-refractivity contribution is 0.0795. The number of hydrogen-bond acceptors (Lipinski definition) is 1.